The van der Waals surface area contributed by atoms with Crippen LogP contribution in [0.5, 0.6) is 0 Å². The van der Waals surface area contributed by atoms with Gasteiger partial charge in [-0.05, 0) is 18.4 Å². The summed E-state index contributed by atoms with van der Waals surface area (Å²) in [5.74, 6) is 5.93. The SMILES string of the molecule is CC(C)CCCCNS(=O)(=O)c1cnccc1NN. The lowest BCUT2D eigenvalue weighted by Crippen LogP contribution is -2.26. The van der Waals surface area contributed by atoms with Crippen molar-refractivity contribution in [1.29, 1.82) is 0 Å². The zero-order valence-corrected chi connectivity index (χ0v) is 12.2. The molecule has 0 aliphatic heterocycles. The van der Waals surface area contributed by atoms with Crippen molar-refractivity contribution in [2.45, 2.75) is 38.0 Å². The number of hydrogen-bond donors (Lipinski definition) is 3. The highest BCUT2D eigenvalue weighted by Gasteiger charge is 2.17. The third kappa shape index (κ3) is 5.14. The molecule has 108 valence electrons. The van der Waals surface area contributed by atoms with Crippen LogP contribution in [-0.4, -0.2) is 19.9 Å². The van der Waals surface area contributed by atoms with Crippen molar-refractivity contribution in [1.82, 2.24) is 9.71 Å². The highest BCUT2D eigenvalue weighted by atomic mass is 32.2. The molecule has 0 fully saturated rings. The Bertz CT molecular complexity index is 488. The fraction of sp³-hybridized carbons (Fsp3) is 0.583. The van der Waals surface area contributed by atoms with Crippen LogP contribution in [0.25, 0.3) is 0 Å². The van der Waals surface area contributed by atoms with Crippen LogP contribution in [0.15, 0.2) is 23.4 Å². The van der Waals surface area contributed by atoms with Crippen LogP contribution in [0.1, 0.15) is 33.1 Å². The van der Waals surface area contributed by atoms with Crippen LogP contribution < -0.4 is 16.0 Å². The number of nitrogens with one attached hydrogen (secondary N) is 2. The molecule has 0 bridgehead atoms. The molecule has 0 spiro atoms. The van der Waals surface area contributed by atoms with Gasteiger partial charge < -0.3 is 5.43 Å². The molecule has 1 rings (SSSR count). The summed E-state index contributed by atoms with van der Waals surface area (Å²) in [6.07, 6.45) is 5.70. The van der Waals surface area contributed by atoms with Gasteiger partial charge in [-0.25, -0.2) is 13.1 Å². The number of aromatic nitrogens is 1. The maximum atomic E-state index is 12.1. The monoisotopic (exact) mass is 286 g/mol. The predicted octanol–water partition coefficient (Wildman–Crippen LogP) is 1.47. The molecule has 19 heavy (non-hydrogen) atoms. The van der Waals surface area contributed by atoms with Gasteiger partial charge in [0.15, 0.2) is 0 Å². The summed E-state index contributed by atoms with van der Waals surface area (Å²) in [7, 11) is -3.56. The molecule has 0 aromatic carbocycles. The van der Waals surface area contributed by atoms with E-state index >= 15 is 0 Å². The van der Waals surface area contributed by atoms with Crippen LogP contribution in [0.3, 0.4) is 0 Å². The van der Waals surface area contributed by atoms with Gasteiger partial charge in [0, 0.05) is 18.9 Å². The van der Waals surface area contributed by atoms with Gasteiger partial charge in [0.05, 0.1) is 5.69 Å². The first-order valence-electron chi connectivity index (χ1n) is 6.37. The maximum Gasteiger partial charge on any atom is 0.244 e. The second kappa shape index (κ2) is 7.42. The Labute approximate surface area is 114 Å². The van der Waals surface area contributed by atoms with Crippen LogP contribution in [0.4, 0.5) is 5.69 Å². The van der Waals surface area contributed by atoms with Gasteiger partial charge in [-0.15, -0.1) is 0 Å². The van der Waals surface area contributed by atoms with E-state index in [1.165, 1.54) is 18.5 Å². The molecule has 0 aliphatic rings. The van der Waals surface area contributed by atoms with Crippen molar-refractivity contribution >= 4 is 15.7 Å². The second-order valence-electron chi connectivity index (χ2n) is 4.80. The van der Waals surface area contributed by atoms with E-state index in [-0.39, 0.29) is 4.90 Å². The van der Waals surface area contributed by atoms with Crippen LogP contribution >= 0.6 is 0 Å². The molecule has 0 amide bonds. The number of hydrazine groups is 1. The number of sulfonamides is 1. The maximum absolute atomic E-state index is 12.1. The zero-order valence-electron chi connectivity index (χ0n) is 11.4. The fourth-order valence-corrected chi connectivity index (χ4v) is 2.86. The minimum Gasteiger partial charge on any atom is -0.323 e. The van der Waals surface area contributed by atoms with Gasteiger partial charge in [0.2, 0.25) is 10.0 Å². The quantitative estimate of drug-likeness (QED) is 0.382. The lowest BCUT2D eigenvalue weighted by atomic mass is 10.1. The number of hydrogen-bond acceptors (Lipinski definition) is 5. The first-order valence-corrected chi connectivity index (χ1v) is 7.86. The van der Waals surface area contributed by atoms with Gasteiger partial charge in [-0.3, -0.25) is 10.8 Å². The number of rotatable bonds is 8. The molecule has 1 aromatic rings. The number of nitrogens with two attached hydrogens (primary N) is 1. The van der Waals surface area contributed by atoms with Crippen molar-refractivity contribution in [3.63, 3.8) is 0 Å². The fourth-order valence-electron chi connectivity index (χ4n) is 1.68. The van der Waals surface area contributed by atoms with Crippen molar-refractivity contribution in [2.24, 2.45) is 11.8 Å². The highest BCUT2D eigenvalue weighted by molar-refractivity contribution is 7.89. The van der Waals surface area contributed by atoms with E-state index in [1.54, 1.807) is 0 Å². The lowest BCUT2D eigenvalue weighted by Gasteiger charge is -2.10. The molecule has 4 N–H and O–H groups in total. The summed E-state index contributed by atoms with van der Waals surface area (Å²) >= 11 is 0. The van der Waals surface area contributed by atoms with Crippen molar-refractivity contribution in [3.8, 4) is 0 Å². The van der Waals surface area contributed by atoms with Gasteiger partial charge >= 0.3 is 0 Å². The number of nitrogen functional groups attached to an aromatic ring is 1. The molecule has 1 aromatic heterocycles. The summed E-state index contributed by atoms with van der Waals surface area (Å²) in [6.45, 7) is 4.73. The largest absolute Gasteiger partial charge is 0.323 e. The minimum absolute atomic E-state index is 0.0707. The molecule has 0 aliphatic carbocycles. The van der Waals surface area contributed by atoms with E-state index in [0.717, 1.165) is 19.3 Å². The Balaban J connectivity index is 2.56. The van der Waals surface area contributed by atoms with Crippen LogP contribution in [-0.2, 0) is 10.0 Å². The smallest absolute Gasteiger partial charge is 0.244 e. The molecule has 1 heterocycles. The Morgan fingerprint density at radius 1 is 1.37 bits per heavy atom. The number of pyridine rings is 1. The molecule has 0 unspecified atom stereocenters. The van der Waals surface area contributed by atoms with Crippen molar-refractivity contribution in [3.05, 3.63) is 18.5 Å². The molecule has 7 heteroatoms. The van der Waals surface area contributed by atoms with E-state index in [0.29, 0.717) is 18.2 Å². The molecule has 0 saturated carbocycles. The van der Waals surface area contributed by atoms with E-state index < -0.39 is 10.0 Å². The highest BCUT2D eigenvalue weighted by Crippen LogP contribution is 2.18. The summed E-state index contributed by atoms with van der Waals surface area (Å²) in [6, 6.07) is 1.52. The van der Waals surface area contributed by atoms with Crippen molar-refractivity contribution in [2.75, 3.05) is 12.0 Å². The van der Waals surface area contributed by atoms with E-state index in [9.17, 15) is 8.42 Å². The summed E-state index contributed by atoms with van der Waals surface area (Å²) in [5.41, 5.74) is 2.70. The topological polar surface area (TPSA) is 97.1 Å². The van der Waals surface area contributed by atoms with Crippen LogP contribution in [0.2, 0.25) is 0 Å². The second-order valence-corrected chi connectivity index (χ2v) is 6.54. The average Bonchev–Trinajstić information content (AvgIpc) is 2.37. The minimum atomic E-state index is -3.56. The van der Waals surface area contributed by atoms with Crippen molar-refractivity contribution < 1.29 is 8.42 Å². The van der Waals surface area contributed by atoms with Gasteiger partial charge in [0.1, 0.15) is 4.90 Å². The first-order chi connectivity index (χ1) is 8.97. The molecule has 0 saturated heterocycles. The lowest BCUT2D eigenvalue weighted by molar-refractivity contribution is 0.530. The first kappa shape index (κ1) is 15.9. The molecule has 0 atom stereocenters. The zero-order chi connectivity index (χ0) is 14.3. The Kier molecular flexibility index (Phi) is 6.20. The van der Waals surface area contributed by atoms with Crippen LogP contribution in [0, 0.1) is 5.92 Å². The molecular weight excluding hydrogens is 264 g/mol. The Morgan fingerprint density at radius 2 is 2.11 bits per heavy atom. The van der Waals surface area contributed by atoms with Gasteiger partial charge in [0.25, 0.3) is 0 Å². The number of nitrogens with zero attached hydrogens (tertiary/aromatic N) is 1. The molecule has 6 nitrogen and oxygen atoms in total. The third-order valence-corrected chi connectivity index (χ3v) is 4.22. The average molecular weight is 286 g/mol. The van der Waals surface area contributed by atoms with Gasteiger partial charge in [-0.2, -0.15) is 0 Å². The van der Waals surface area contributed by atoms with E-state index in [2.05, 4.69) is 29.0 Å². The van der Waals surface area contributed by atoms with E-state index in [1.807, 2.05) is 0 Å². The summed E-state index contributed by atoms with van der Waals surface area (Å²) in [5, 5.41) is 0. The molecular formula is C12H22N4O2S. The Morgan fingerprint density at radius 3 is 2.74 bits per heavy atom. The van der Waals surface area contributed by atoms with E-state index in [4.69, 9.17) is 5.84 Å². The normalized spacial score (nSPS) is 11.8. The van der Waals surface area contributed by atoms with Gasteiger partial charge in [-0.1, -0.05) is 26.7 Å². The Hall–Kier alpha value is -1.18. The standard InChI is InChI=1S/C12H22N4O2S/c1-10(2)5-3-4-7-15-19(17,18)12-9-14-8-6-11(12)16-13/h6,8-10,15H,3-5,7,13H2,1-2H3,(H,14,16). The molecule has 0 radical (unpaired) electrons. The summed E-state index contributed by atoms with van der Waals surface area (Å²) in [4.78, 5) is 3.88. The summed E-state index contributed by atoms with van der Waals surface area (Å²) < 4.78 is 26.7. The number of anilines is 1. The number of unbranched alkanes of at least 4 members (excludes halogenated alkanes) is 1. The predicted molar refractivity (Wildman–Crippen MR) is 75.9 cm³/mol. The third-order valence-electron chi connectivity index (χ3n) is 2.73.